The fourth-order valence-corrected chi connectivity index (χ4v) is 2.22. The Labute approximate surface area is 66.6 Å². The van der Waals surface area contributed by atoms with E-state index in [4.69, 9.17) is 0 Å². The fourth-order valence-electron chi connectivity index (χ4n) is 2.22. The number of rotatable bonds is 0. The summed E-state index contributed by atoms with van der Waals surface area (Å²) in [4.78, 5) is 0. The topological polar surface area (TPSA) is 0 Å². The quantitative estimate of drug-likeness (QED) is 0.521. The third-order valence-corrected chi connectivity index (χ3v) is 2.81. The number of fused-ring (bicyclic) bond motifs is 2. The van der Waals surface area contributed by atoms with E-state index >= 15 is 0 Å². The van der Waals surface area contributed by atoms with Gasteiger partial charge in [-0.2, -0.15) is 0 Å². The van der Waals surface area contributed by atoms with Crippen molar-refractivity contribution in [2.24, 2.45) is 0 Å². The van der Waals surface area contributed by atoms with Crippen molar-refractivity contribution < 1.29 is 0 Å². The van der Waals surface area contributed by atoms with Gasteiger partial charge in [-0.3, -0.25) is 0 Å². The van der Waals surface area contributed by atoms with Crippen LogP contribution in [0.4, 0.5) is 0 Å². The molecule has 3 aliphatic rings. The molecule has 0 unspecified atom stereocenters. The van der Waals surface area contributed by atoms with Gasteiger partial charge in [0, 0.05) is 0 Å². The molecule has 2 bridgehead atoms. The number of hydrogen-bond acceptors (Lipinski definition) is 0. The summed E-state index contributed by atoms with van der Waals surface area (Å²) in [5.41, 5.74) is 6.28. The fraction of sp³-hybridized carbons (Fsp3) is 0.273. The molecule has 0 saturated heterocycles. The molecule has 0 saturated carbocycles. The van der Waals surface area contributed by atoms with Crippen molar-refractivity contribution in [3.8, 4) is 0 Å². The molecule has 0 fully saturated rings. The van der Waals surface area contributed by atoms with Crippen LogP contribution in [0.15, 0.2) is 18.2 Å². The van der Waals surface area contributed by atoms with E-state index in [0.29, 0.717) is 0 Å². The summed E-state index contributed by atoms with van der Waals surface area (Å²) in [7, 11) is 0. The summed E-state index contributed by atoms with van der Waals surface area (Å²) >= 11 is 0. The van der Waals surface area contributed by atoms with E-state index in [1.165, 1.54) is 24.8 Å². The lowest BCUT2D eigenvalue weighted by atomic mass is 9.86. The maximum atomic E-state index is 2.30. The third kappa shape index (κ3) is 0.597. The van der Waals surface area contributed by atoms with Crippen LogP contribution >= 0.6 is 0 Å². The first kappa shape index (κ1) is 5.59. The van der Waals surface area contributed by atoms with Crippen molar-refractivity contribution in [3.63, 3.8) is 0 Å². The SMILES string of the molecule is C1=Cc2c3ccc(c2C1)CC3. The summed E-state index contributed by atoms with van der Waals surface area (Å²) in [5, 5.41) is 0. The second-order valence-electron chi connectivity index (χ2n) is 3.38. The summed E-state index contributed by atoms with van der Waals surface area (Å²) < 4.78 is 0. The molecule has 0 heteroatoms. The predicted molar refractivity (Wildman–Crippen MR) is 46.6 cm³/mol. The predicted octanol–water partition coefficient (Wildman–Crippen LogP) is 2.35. The largest absolute Gasteiger partial charge is 0.0795 e. The van der Waals surface area contributed by atoms with Gasteiger partial charge in [-0.05, 0) is 41.5 Å². The molecule has 0 N–H and O–H groups in total. The molecule has 1 aromatic rings. The Morgan fingerprint density at radius 2 is 1.82 bits per heavy atom. The van der Waals surface area contributed by atoms with E-state index in [2.05, 4.69) is 24.3 Å². The zero-order chi connectivity index (χ0) is 7.26. The molecule has 0 atom stereocenters. The first-order chi connectivity index (χ1) is 5.45. The van der Waals surface area contributed by atoms with Gasteiger partial charge in [0.15, 0.2) is 0 Å². The van der Waals surface area contributed by atoms with E-state index in [1.807, 2.05) is 0 Å². The number of hydrogen-bond donors (Lipinski definition) is 0. The molecule has 54 valence electrons. The molecule has 0 spiro atoms. The second-order valence-corrected chi connectivity index (χ2v) is 3.38. The van der Waals surface area contributed by atoms with Crippen molar-refractivity contribution in [1.82, 2.24) is 0 Å². The molecule has 0 heterocycles. The highest BCUT2D eigenvalue weighted by atomic mass is 14.2. The molecule has 0 amide bonds. The lowest BCUT2D eigenvalue weighted by Gasteiger charge is -2.18. The lowest BCUT2D eigenvalue weighted by molar-refractivity contribution is 0.894. The Morgan fingerprint density at radius 3 is 2.55 bits per heavy atom. The highest BCUT2D eigenvalue weighted by molar-refractivity contribution is 5.67. The van der Waals surface area contributed by atoms with Crippen LogP contribution in [0.25, 0.3) is 6.08 Å². The minimum Gasteiger partial charge on any atom is -0.0795 e. The first-order valence-corrected chi connectivity index (χ1v) is 4.25. The summed E-state index contributed by atoms with van der Waals surface area (Å²) in [6.45, 7) is 0. The molecule has 0 radical (unpaired) electrons. The van der Waals surface area contributed by atoms with Crippen LogP contribution in [0.1, 0.15) is 22.3 Å². The summed E-state index contributed by atoms with van der Waals surface area (Å²) in [6.07, 6.45) is 8.30. The van der Waals surface area contributed by atoms with Gasteiger partial charge in [-0.1, -0.05) is 24.3 Å². The van der Waals surface area contributed by atoms with Crippen LogP contribution in [0.2, 0.25) is 0 Å². The zero-order valence-corrected chi connectivity index (χ0v) is 6.43. The van der Waals surface area contributed by atoms with E-state index in [-0.39, 0.29) is 0 Å². The highest BCUT2D eigenvalue weighted by Crippen LogP contribution is 2.32. The minimum atomic E-state index is 1.18. The van der Waals surface area contributed by atoms with Crippen LogP contribution in [0, 0.1) is 0 Å². The van der Waals surface area contributed by atoms with Gasteiger partial charge in [0.05, 0.1) is 0 Å². The minimum absolute atomic E-state index is 1.18. The van der Waals surface area contributed by atoms with E-state index in [0.717, 1.165) is 0 Å². The molecule has 0 nitrogen and oxygen atoms in total. The monoisotopic (exact) mass is 142 g/mol. The highest BCUT2D eigenvalue weighted by Gasteiger charge is 2.18. The van der Waals surface area contributed by atoms with Crippen molar-refractivity contribution in [3.05, 3.63) is 40.5 Å². The molecular formula is C11H10. The average molecular weight is 142 g/mol. The van der Waals surface area contributed by atoms with Gasteiger partial charge in [-0.15, -0.1) is 0 Å². The van der Waals surface area contributed by atoms with Crippen LogP contribution in [-0.4, -0.2) is 0 Å². The van der Waals surface area contributed by atoms with E-state index < -0.39 is 0 Å². The van der Waals surface area contributed by atoms with Crippen molar-refractivity contribution in [1.29, 1.82) is 0 Å². The Hall–Kier alpha value is -1.04. The van der Waals surface area contributed by atoms with Crippen molar-refractivity contribution in [2.75, 3.05) is 0 Å². The first-order valence-electron chi connectivity index (χ1n) is 4.25. The molecule has 4 rings (SSSR count). The Balaban J connectivity index is 2.42. The van der Waals surface area contributed by atoms with E-state index in [9.17, 15) is 0 Å². The smallest absolute Gasteiger partial charge is 0.00853 e. The maximum Gasteiger partial charge on any atom is -0.00853 e. The van der Waals surface area contributed by atoms with Gasteiger partial charge in [0.2, 0.25) is 0 Å². The van der Waals surface area contributed by atoms with Gasteiger partial charge >= 0.3 is 0 Å². The zero-order valence-electron chi connectivity index (χ0n) is 6.43. The normalized spacial score (nSPS) is 17.5. The summed E-state index contributed by atoms with van der Waals surface area (Å²) in [5.74, 6) is 0. The van der Waals surface area contributed by atoms with Crippen LogP contribution in [-0.2, 0) is 19.3 Å². The molecule has 3 aliphatic carbocycles. The van der Waals surface area contributed by atoms with Crippen LogP contribution in [0.5, 0.6) is 0 Å². The number of benzene rings is 1. The molecule has 11 heavy (non-hydrogen) atoms. The molecule has 0 aliphatic heterocycles. The van der Waals surface area contributed by atoms with Crippen molar-refractivity contribution in [2.45, 2.75) is 19.3 Å². The van der Waals surface area contributed by atoms with Gasteiger partial charge in [0.25, 0.3) is 0 Å². The van der Waals surface area contributed by atoms with Gasteiger partial charge in [0.1, 0.15) is 0 Å². The van der Waals surface area contributed by atoms with Crippen LogP contribution in [0.3, 0.4) is 0 Å². The summed E-state index contributed by atoms with van der Waals surface area (Å²) in [6, 6.07) is 4.58. The van der Waals surface area contributed by atoms with Gasteiger partial charge < -0.3 is 0 Å². The standard InChI is InChI=1S/C11H10/c1-2-10-8-4-6-9(7-5-8)11(10)3-1/h1-2,4,6H,3,5,7H2. The van der Waals surface area contributed by atoms with Crippen LogP contribution < -0.4 is 0 Å². The Kier molecular flexibility index (Phi) is 0.894. The Bertz CT molecular complexity index is 345. The molecule has 1 aromatic carbocycles. The maximum absolute atomic E-state index is 2.30. The van der Waals surface area contributed by atoms with E-state index in [1.54, 1.807) is 16.7 Å². The number of aryl methyl sites for hydroxylation is 2. The Morgan fingerprint density at radius 1 is 1.00 bits per heavy atom. The number of allylic oxidation sites excluding steroid dienone is 1. The lowest BCUT2D eigenvalue weighted by Crippen LogP contribution is -2.06. The second kappa shape index (κ2) is 1.76. The van der Waals surface area contributed by atoms with Crippen molar-refractivity contribution >= 4 is 6.08 Å². The average Bonchev–Trinajstić information content (AvgIpc) is 2.55. The van der Waals surface area contributed by atoms with Gasteiger partial charge in [-0.25, -0.2) is 0 Å². The molecular weight excluding hydrogens is 132 g/mol. The molecule has 0 aromatic heterocycles. The third-order valence-electron chi connectivity index (χ3n) is 2.81.